The Morgan fingerprint density at radius 1 is 1.47 bits per heavy atom. The van der Waals surface area contributed by atoms with Gasteiger partial charge in [-0.05, 0) is 37.7 Å². The van der Waals surface area contributed by atoms with Gasteiger partial charge in [0, 0.05) is 12.4 Å². The van der Waals surface area contributed by atoms with Crippen LogP contribution in [-0.2, 0) is 16.1 Å². The molecule has 6 heteroatoms. The molecule has 2 fully saturated rings. The smallest absolute Gasteiger partial charge is 0.326 e. The van der Waals surface area contributed by atoms with Crippen molar-refractivity contribution in [2.75, 3.05) is 0 Å². The van der Waals surface area contributed by atoms with Crippen molar-refractivity contribution in [2.45, 2.75) is 38.3 Å². The molecule has 0 unspecified atom stereocenters. The van der Waals surface area contributed by atoms with Gasteiger partial charge in [-0.1, -0.05) is 0 Å². The monoisotopic (exact) mass is 263 g/mol. The van der Waals surface area contributed by atoms with Gasteiger partial charge in [-0.3, -0.25) is 9.48 Å². The highest BCUT2D eigenvalue weighted by Crippen LogP contribution is 2.47. The van der Waals surface area contributed by atoms with Crippen LogP contribution in [0, 0.1) is 11.3 Å². The average Bonchev–Trinajstić information content (AvgIpc) is 3.27. The van der Waals surface area contributed by atoms with Crippen LogP contribution in [0.2, 0.25) is 0 Å². The second kappa shape index (κ2) is 4.36. The first-order valence-electron chi connectivity index (χ1n) is 6.62. The van der Waals surface area contributed by atoms with Gasteiger partial charge in [0.2, 0.25) is 5.91 Å². The Bertz CT molecular complexity index is 489. The lowest BCUT2D eigenvalue weighted by atomic mass is 10.0. The predicted octanol–water partition coefficient (Wildman–Crippen LogP) is 0.643. The highest BCUT2D eigenvalue weighted by Gasteiger charge is 2.52. The second-order valence-corrected chi connectivity index (χ2v) is 5.61. The summed E-state index contributed by atoms with van der Waals surface area (Å²) in [6, 6.07) is 1.10. The van der Waals surface area contributed by atoms with Gasteiger partial charge in [0.15, 0.2) is 0 Å². The van der Waals surface area contributed by atoms with E-state index in [0.29, 0.717) is 6.54 Å². The van der Waals surface area contributed by atoms with Gasteiger partial charge in [0.25, 0.3) is 0 Å². The first-order valence-corrected chi connectivity index (χ1v) is 6.62. The number of amides is 1. The van der Waals surface area contributed by atoms with Crippen LogP contribution >= 0.6 is 0 Å². The Labute approximate surface area is 110 Å². The van der Waals surface area contributed by atoms with Crippen molar-refractivity contribution in [2.24, 2.45) is 11.3 Å². The molecule has 0 aromatic carbocycles. The Balaban J connectivity index is 1.64. The Hall–Kier alpha value is -1.85. The minimum absolute atomic E-state index is 0.113. The molecule has 1 aromatic rings. The molecule has 0 radical (unpaired) electrons. The molecule has 1 heterocycles. The van der Waals surface area contributed by atoms with E-state index in [9.17, 15) is 9.59 Å². The van der Waals surface area contributed by atoms with E-state index in [1.807, 2.05) is 12.3 Å². The summed E-state index contributed by atoms with van der Waals surface area (Å²) in [6.45, 7) is 0.531. The number of carboxylic acid groups (broad SMARTS) is 1. The van der Waals surface area contributed by atoms with Crippen LogP contribution in [0.1, 0.15) is 25.7 Å². The number of hydrogen-bond acceptors (Lipinski definition) is 3. The minimum Gasteiger partial charge on any atom is -0.480 e. The number of rotatable bonds is 6. The molecule has 3 rings (SSSR count). The van der Waals surface area contributed by atoms with Crippen molar-refractivity contribution >= 4 is 11.9 Å². The Kier molecular flexibility index (Phi) is 2.80. The highest BCUT2D eigenvalue weighted by atomic mass is 16.4. The average molecular weight is 263 g/mol. The molecule has 2 aliphatic rings. The van der Waals surface area contributed by atoms with Gasteiger partial charge in [-0.2, -0.15) is 5.10 Å². The second-order valence-electron chi connectivity index (χ2n) is 5.61. The number of nitrogens with zero attached hydrogens (tertiary/aromatic N) is 2. The minimum atomic E-state index is -0.925. The number of carboxylic acids is 1. The van der Waals surface area contributed by atoms with E-state index < -0.39 is 17.4 Å². The highest BCUT2D eigenvalue weighted by molar-refractivity contribution is 5.89. The molecule has 2 aliphatic carbocycles. The summed E-state index contributed by atoms with van der Waals surface area (Å²) in [5, 5.41) is 16.0. The van der Waals surface area contributed by atoms with Crippen molar-refractivity contribution in [3.8, 4) is 0 Å². The van der Waals surface area contributed by atoms with Crippen LogP contribution < -0.4 is 5.32 Å². The zero-order chi connectivity index (χ0) is 13.5. The standard InChI is InChI=1S/C13H17N3O3/c17-11(18)10(9-2-3-9)15-12(19)13(4-5-13)8-16-7-1-6-14-16/h1,6-7,9-10H,2-5,8H2,(H,15,19)(H,17,18)/t10-/m0/s1. The maximum absolute atomic E-state index is 12.3. The fraction of sp³-hybridized carbons (Fsp3) is 0.615. The first kappa shape index (κ1) is 12.2. The van der Waals surface area contributed by atoms with E-state index >= 15 is 0 Å². The molecule has 102 valence electrons. The lowest BCUT2D eigenvalue weighted by Crippen LogP contribution is -2.46. The van der Waals surface area contributed by atoms with Gasteiger partial charge in [0.05, 0.1) is 12.0 Å². The van der Waals surface area contributed by atoms with Crippen molar-refractivity contribution in [1.82, 2.24) is 15.1 Å². The number of carbonyl (C=O) groups is 2. The molecular weight excluding hydrogens is 246 g/mol. The van der Waals surface area contributed by atoms with Gasteiger partial charge in [-0.15, -0.1) is 0 Å². The van der Waals surface area contributed by atoms with Gasteiger partial charge in [-0.25, -0.2) is 4.79 Å². The van der Waals surface area contributed by atoms with Crippen LogP contribution in [-0.4, -0.2) is 32.8 Å². The zero-order valence-corrected chi connectivity index (χ0v) is 10.6. The molecule has 19 heavy (non-hydrogen) atoms. The van der Waals surface area contributed by atoms with Crippen LogP contribution in [0.25, 0.3) is 0 Å². The molecule has 1 atom stereocenters. The van der Waals surface area contributed by atoms with E-state index in [1.54, 1.807) is 10.9 Å². The lowest BCUT2D eigenvalue weighted by molar-refractivity contribution is -0.143. The van der Waals surface area contributed by atoms with Gasteiger partial charge < -0.3 is 10.4 Å². The summed E-state index contributed by atoms with van der Waals surface area (Å²) in [4.78, 5) is 23.4. The third kappa shape index (κ3) is 2.47. The number of aromatic nitrogens is 2. The topological polar surface area (TPSA) is 84.2 Å². The molecule has 6 nitrogen and oxygen atoms in total. The van der Waals surface area contributed by atoms with E-state index in [2.05, 4.69) is 10.4 Å². The summed E-state index contributed by atoms with van der Waals surface area (Å²) in [6.07, 6.45) is 6.89. The summed E-state index contributed by atoms with van der Waals surface area (Å²) < 4.78 is 1.74. The number of aliphatic carboxylic acids is 1. The van der Waals surface area contributed by atoms with Crippen molar-refractivity contribution in [3.63, 3.8) is 0 Å². The molecule has 0 spiro atoms. The Morgan fingerprint density at radius 3 is 2.68 bits per heavy atom. The molecular formula is C13H17N3O3. The molecule has 0 saturated heterocycles. The summed E-state index contributed by atoms with van der Waals surface area (Å²) in [5.74, 6) is -0.949. The third-order valence-electron chi connectivity index (χ3n) is 4.01. The maximum Gasteiger partial charge on any atom is 0.326 e. The van der Waals surface area contributed by atoms with Crippen molar-refractivity contribution in [3.05, 3.63) is 18.5 Å². The van der Waals surface area contributed by atoms with Gasteiger partial charge in [0.1, 0.15) is 6.04 Å². The molecule has 1 aromatic heterocycles. The number of carbonyl (C=O) groups excluding carboxylic acids is 1. The molecule has 0 bridgehead atoms. The van der Waals surface area contributed by atoms with E-state index in [4.69, 9.17) is 5.11 Å². The van der Waals surface area contributed by atoms with E-state index in [0.717, 1.165) is 25.7 Å². The fourth-order valence-electron chi connectivity index (χ4n) is 2.42. The SMILES string of the molecule is O=C(O)[C@@H](NC(=O)C1(Cn2cccn2)CC1)C1CC1. The van der Waals surface area contributed by atoms with E-state index in [-0.39, 0.29) is 11.8 Å². The molecule has 0 aliphatic heterocycles. The molecule has 1 amide bonds. The number of hydrogen-bond donors (Lipinski definition) is 2. The van der Waals surface area contributed by atoms with Crippen molar-refractivity contribution in [1.29, 1.82) is 0 Å². The maximum atomic E-state index is 12.3. The predicted molar refractivity (Wildman–Crippen MR) is 66.2 cm³/mol. The van der Waals surface area contributed by atoms with Crippen LogP contribution in [0.5, 0.6) is 0 Å². The summed E-state index contributed by atoms with van der Waals surface area (Å²) >= 11 is 0. The summed E-state index contributed by atoms with van der Waals surface area (Å²) in [7, 11) is 0. The fourth-order valence-corrected chi connectivity index (χ4v) is 2.42. The Morgan fingerprint density at radius 2 is 2.21 bits per heavy atom. The first-order chi connectivity index (χ1) is 9.11. The lowest BCUT2D eigenvalue weighted by Gasteiger charge is -2.19. The van der Waals surface area contributed by atoms with Gasteiger partial charge >= 0.3 is 5.97 Å². The quantitative estimate of drug-likeness (QED) is 0.789. The number of nitrogens with one attached hydrogen (secondary N) is 1. The molecule has 2 N–H and O–H groups in total. The van der Waals surface area contributed by atoms with Crippen molar-refractivity contribution < 1.29 is 14.7 Å². The normalized spacial score (nSPS) is 21.7. The third-order valence-corrected chi connectivity index (χ3v) is 4.01. The largest absolute Gasteiger partial charge is 0.480 e. The summed E-state index contributed by atoms with van der Waals surface area (Å²) in [5.41, 5.74) is -0.450. The molecule has 2 saturated carbocycles. The van der Waals surface area contributed by atoms with Crippen LogP contribution in [0.15, 0.2) is 18.5 Å². The van der Waals surface area contributed by atoms with E-state index in [1.165, 1.54) is 0 Å². The van der Waals surface area contributed by atoms with Crippen LogP contribution in [0.4, 0.5) is 0 Å². The zero-order valence-electron chi connectivity index (χ0n) is 10.6. The van der Waals surface area contributed by atoms with Crippen LogP contribution in [0.3, 0.4) is 0 Å².